The Hall–Kier alpha value is -1.43. The Morgan fingerprint density at radius 2 is 2.20 bits per heavy atom. The molecule has 0 spiro atoms. The number of carbonyl (C=O) groups is 1. The second-order valence-corrected chi connectivity index (χ2v) is 5.37. The van der Waals surface area contributed by atoms with Gasteiger partial charge in [0.2, 0.25) is 0 Å². The van der Waals surface area contributed by atoms with Crippen LogP contribution in [0, 0.1) is 5.92 Å². The van der Waals surface area contributed by atoms with Gasteiger partial charge in [-0.25, -0.2) is 5.84 Å². The normalized spacial score (nSPS) is 19.8. The van der Waals surface area contributed by atoms with Gasteiger partial charge in [-0.2, -0.15) is 0 Å². The Balaban J connectivity index is 1.91. The minimum atomic E-state index is -0.255. The first-order valence-corrected chi connectivity index (χ1v) is 7.04. The molecule has 1 saturated heterocycles. The van der Waals surface area contributed by atoms with E-state index in [4.69, 9.17) is 10.6 Å². The average Bonchev–Trinajstić information content (AvgIpc) is 2.48. The minimum absolute atomic E-state index is 0.255. The molecule has 5 nitrogen and oxygen atoms in total. The number of ether oxygens (including phenoxy) is 1. The Bertz CT molecular complexity index is 431. The van der Waals surface area contributed by atoms with E-state index in [-0.39, 0.29) is 5.91 Å². The van der Waals surface area contributed by atoms with E-state index in [9.17, 15) is 4.79 Å². The van der Waals surface area contributed by atoms with Crippen LogP contribution in [0.15, 0.2) is 24.3 Å². The molecule has 0 aliphatic carbocycles. The maximum Gasteiger partial charge on any atom is 0.265 e. The summed E-state index contributed by atoms with van der Waals surface area (Å²) in [6.45, 7) is 3.97. The molecule has 1 aromatic rings. The summed E-state index contributed by atoms with van der Waals surface area (Å²) in [5.41, 5.74) is 3.95. The second-order valence-electron chi connectivity index (χ2n) is 5.37. The third-order valence-electron chi connectivity index (χ3n) is 3.76. The highest BCUT2D eigenvalue weighted by Gasteiger charge is 2.19. The van der Waals surface area contributed by atoms with Gasteiger partial charge in [0.05, 0.1) is 6.61 Å². The van der Waals surface area contributed by atoms with Crippen LogP contribution in [-0.4, -0.2) is 37.6 Å². The molecule has 3 N–H and O–H groups in total. The number of nitrogens with two attached hydrogens (primary N) is 1. The molecular weight excluding hydrogens is 254 g/mol. The van der Waals surface area contributed by atoms with E-state index in [2.05, 4.69) is 10.3 Å². The van der Waals surface area contributed by atoms with Crippen LogP contribution in [0.4, 0.5) is 0 Å². The third kappa shape index (κ3) is 4.03. The first-order valence-electron chi connectivity index (χ1n) is 7.04. The fourth-order valence-corrected chi connectivity index (χ4v) is 2.77. The van der Waals surface area contributed by atoms with Crippen molar-refractivity contribution in [3.63, 3.8) is 0 Å². The van der Waals surface area contributed by atoms with Crippen molar-refractivity contribution in [3.8, 4) is 0 Å². The van der Waals surface area contributed by atoms with Crippen LogP contribution >= 0.6 is 0 Å². The number of methoxy groups -OCH3 is 1. The highest BCUT2D eigenvalue weighted by molar-refractivity contribution is 5.93. The summed E-state index contributed by atoms with van der Waals surface area (Å²) in [4.78, 5) is 13.8. The number of nitrogens with zero attached hydrogens (tertiary/aromatic N) is 1. The summed E-state index contributed by atoms with van der Waals surface area (Å²) in [5, 5.41) is 0. The molecule has 0 bridgehead atoms. The molecule has 1 atom stereocenters. The maximum atomic E-state index is 11.4. The van der Waals surface area contributed by atoms with Gasteiger partial charge in [0.15, 0.2) is 0 Å². The summed E-state index contributed by atoms with van der Waals surface area (Å²) in [7, 11) is 1.76. The Morgan fingerprint density at radius 3 is 2.85 bits per heavy atom. The van der Waals surface area contributed by atoms with Gasteiger partial charge in [-0.1, -0.05) is 12.1 Å². The van der Waals surface area contributed by atoms with Crippen molar-refractivity contribution in [2.24, 2.45) is 11.8 Å². The average molecular weight is 277 g/mol. The summed E-state index contributed by atoms with van der Waals surface area (Å²) in [5.74, 6) is 5.50. The zero-order chi connectivity index (χ0) is 14.4. The molecule has 1 heterocycles. The lowest BCUT2D eigenvalue weighted by Crippen LogP contribution is -2.36. The molecule has 1 aliphatic heterocycles. The largest absolute Gasteiger partial charge is 0.384 e. The van der Waals surface area contributed by atoms with Crippen LogP contribution in [0.3, 0.4) is 0 Å². The van der Waals surface area contributed by atoms with Crippen molar-refractivity contribution in [2.75, 3.05) is 26.8 Å². The highest BCUT2D eigenvalue weighted by atomic mass is 16.5. The molecule has 110 valence electrons. The van der Waals surface area contributed by atoms with E-state index in [0.717, 1.165) is 26.2 Å². The quantitative estimate of drug-likeness (QED) is 0.481. The topological polar surface area (TPSA) is 67.6 Å². The number of nitrogens with one attached hydrogen (secondary N) is 1. The monoisotopic (exact) mass is 277 g/mol. The molecule has 20 heavy (non-hydrogen) atoms. The van der Waals surface area contributed by atoms with Crippen LogP contribution in [0.5, 0.6) is 0 Å². The van der Waals surface area contributed by atoms with Gasteiger partial charge in [-0.3, -0.25) is 15.1 Å². The van der Waals surface area contributed by atoms with Crippen LogP contribution in [0.25, 0.3) is 0 Å². The molecule has 0 aromatic heterocycles. The van der Waals surface area contributed by atoms with E-state index >= 15 is 0 Å². The van der Waals surface area contributed by atoms with Gasteiger partial charge >= 0.3 is 0 Å². The molecule has 1 amide bonds. The molecule has 5 heteroatoms. The molecule has 1 unspecified atom stereocenters. The predicted molar refractivity (Wildman–Crippen MR) is 78.0 cm³/mol. The number of benzene rings is 1. The number of nitrogen functional groups attached to an aromatic ring is 1. The Kier molecular flexibility index (Phi) is 5.52. The SMILES string of the molecule is COCC1CCCN(Cc2ccc(C(=O)NN)cc2)C1. The lowest BCUT2D eigenvalue weighted by molar-refractivity contribution is 0.0873. The number of carbonyl (C=O) groups excluding carboxylic acids is 1. The van der Waals surface area contributed by atoms with E-state index < -0.39 is 0 Å². The fraction of sp³-hybridized carbons (Fsp3) is 0.533. The van der Waals surface area contributed by atoms with Gasteiger partial charge in [0.25, 0.3) is 5.91 Å². The molecular formula is C15H23N3O2. The van der Waals surface area contributed by atoms with Crippen LogP contribution in [-0.2, 0) is 11.3 Å². The van der Waals surface area contributed by atoms with Gasteiger partial charge in [-0.05, 0) is 43.0 Å². The van der Waals surface area contributed by atoms with Crippen molar-refractivity contribution in [3.05, 3.63) is 35.4 Å². The Labute approximate surface area is 120 Å². The first kappa shape index (κ1) is 15.0. The maximum absolute atomic E-state index is 11.4. The summed E-state index contributed by atoms with van der Waals surface area (Å²) in [6.07, 6.45) is 2.47. The number of likely N-dealkylation sites (tertiary alicyclic amines) is 1. The smallest absolute Gasteiger partial charge is 0.265 e. The van der Waals surface area contributed by atoms with Crippen molar-refractivity contribution >= 4 is 5.91 Å². The van der Waals surface area contributed by atoms with Crippen molar-refractivity contribution < 1.29 is 9.53 Å². The molecule has 0 radical (unpaired) electrons. The minimum Gasteiger partial charge on any atom is -0.384 e. The number of rotatable bonds is 5. The molecule has 2 rings (SSSR count). The van der Waals surface area contributed by atoms with Gasteiger partial charge in [0.1, 0.15) is 0 Å². The van der Waals surface area contributed by atoms with Crippen LogP contribution in [0.1, 0.15) is 28.8 Å². The second kappa shape index (κ2) is 7.38. The predicted octanol–water partition coefficient (Wildman–Crippen LogP) is 1.15. The summed E-state index contributed by atoms with van der Waals surface area (Å²) in [6, 6.07) is 7.61. The van der Waals surface area contributed by atoms with Gasteiger partial charge < -0.3 is 4.74 Å². The van der Waals surface area contributed by atoms with E-state index in [0.29, 0.717) is 11.5 Å². The highest BCUT2D eigenvalue weighted by Crippen LogP contribution is 2.19. The van der Waals surface area contributed by atoms with E-state index in [1.807, 2.05) is 24.3 Å². The molecule has 1 aliphatic rings. The van der Waals surface area contributed by atoms with Crippen molar-refractivity contribution in [1.29, 1.82) is 0 Å². The molecule has 1 fully saturated rings. The Morgan fingerprint density at radius 1 is 1.45 bits per heavy atom. The van der Waals surface area contributed by atoms with Crippen LogP contribution in [0.2, 0.25) is 0 Å². The van der Waals surface area contributed by atoms with Crippen molar-refractivity contribution in [1.82, 2.24) is 10.3 Å². The number of piperidine rings is 1. The van der Waals surface area contributed by atoms with Crippen LogP contribution < -0.4 is 11.3 Å². The molecule has 0 saturated carbocycles. The van der Waals surface area contributed by atoms with Gasteiger partial charge in [-0.15, -0.1) is 0 Å². The fourth-order valence-electron chi connectivity index (χ4n) is 2.77. The van der Waals surface area contributed by atoms with Gasteiger partial charge in [0, 0.05) is 25.8 Å². The lowest BCUT2D eigenvalue weighted by Gasteiger charge is -2.32. The zero-order valence-electron chi connectivity index (χ0n) is 12.0. The molecule has 1 aromatic carbocycles. The van der Waals surface area contributed by atoms with E-state index in [1.54, 1.807) is 7.11 Å². The number of amides is 1. The first-order chi connectivity index (χ1) is 9.72. The van der Waals surface area contributed by atoms with Crippen molar-refractivity contribution in [2.45, 2.75) is 19.4 Å². The zero-order valence-corrected chi connectivity index (χ0v) is 12.0. The summed E-state index contributed by atoms with van der Waals surface area (Å²) < 4.78 is 5.25. The number of hydrazine groups is 1. The van der Waals surface area contributed by atoms with E-state index in [1.165, 1.54) is 18.4 Å². The standard InChI is InChI=1S/C15H23N3O2/c1-20-11-13-3-2-8-18(10-13)9-12-4-6-14(7-5-12)15(19)17-16/h4-7,13H,2-3,8-11,16H2,1H3,(H,17,19). The lowest BCUT2D eigenvalue weighted by atomic mass is 9.98. The number of hydrogen-bond donors (Lipinski definition) is 2. The third-order valence-corrected chi connectivity index (χ3v) is 3.76. The number of hydrogen-bond acceptors (Lipinski definition) is 4. The summed E-state index contributed by atoms with van der Waals surface area (Å²) >= 11 is 0.